The van der Waals surface area contributed by atoms with E-state index in [0.717, 1.165) is 0 Å². The summed E-state index contributed by atoms with van der Waals surface area (Å²) in [5.41, 5.74) is 0. The highest BCUT2D eigenvalue weighted by atomic mass is 35.5. The molecular formula is C11H11ClS2. The second kappa shape index (κ2) is 4.05. The van der Waals surface area contributed by atoms with Gasteiger partial charge in [0.2, 0.25) is 0 Å². The van der Waals surface area contributed by atoms with Crippen molar-refractivity contribution in [2.75, 3.05) is 0 Å². The second-order valence-electron chi connectivity index (χ2n) is 3.26. The first kappa shape index (κ1) is 10.2. The van der Waals surface area contributed by atoms with E-state index in [1.807, 2.05) is 0 Å². The van der Waals surface area contributed by atoms with Crippen LogP contribution in [0.25, 0.3) is 0 Å². The molecule has 0 radical (unpaired) electrons. The van der Waals surface area contributed by atoms with Gasteiger partial charge in [-0.3, -0.25) is 0 Å². The van der Waals surface area contributed by atoms with Crippen molar-refractivity contribution < 1.29 is 0 Å². The van der Waals surface area contributed by atoms with E-state index in [1.54, 1.807) is 22.7 Å². The molecule has 0 fully saturated rings. The summed E-state index contributed by atoms with van der Waals surface area (Å²) in [5, 5.41) is 0.0346. The van der Waals surface area contributed by atoms with Crippen molar-refractivity contribution >= 4 is 34.3 Å². The summed E-state index contributed by atoms with van der Waals surface area (Å²) >= 11 is 9.93. The zero-order chi connectivity index (χ0) is 10.1. The SMILES string of the molecule is Cc1ccc(C(Cl)c2ccc(C)s2)s1. The van der Waals surface area contributed by atoms with Crippen LogP contribution in [0, 0.1) is 13.8 Å². The summed E-state index contributed by atoms with van der Waals surface area (Å²) < 4.78 is 0. The van der Waals surface area contributed by atoms with E-state index in [-0.39, 0.29) is 5.38 Å². The van der Waals surface area contributed by atoms with Crippen molar-refractivity contribution in [1.29, 1.82) is 0 Å². The van der Waals surface area contributed by atoms with Gasteiger partial charge in [0.05, 0.1) is 0 Å². The van der Waals surface area contributed by atoms with Gasteiger partial charge in [0.15, 0.2) is 0 Å². The first-order valence-electron chi connectivity index (χ1n) is 4.43. The molecule has 0 bridgehead atoms. The Kier molecular flexibility index (Phi) is 2.96. The zero-order valence-electron chi connectivity index (χ0n) is 8.08. The van der Waals surface area contributed by atoms with Crippen LogP contribution < -0.4 is 0 Å². The lowest BCUT2D eigenvalue weighted by Crippen LogP contribution is -1.83. The third kappa shape index (κ3) is 2.02. The smallest absolute Gasteiger partial charge is 0.102 e. The summed E-state index contributed by atoms with van der Waals surface area (Å²) in [6, 6.07) is 8.48. The summed E-state index contributed by atoms with van der Waals surface area (Å²) in [6.45, 7) is 4.22. The fourth-order valence-electron chi connectivity index (χ4n) is 1.32. The van der Waals surface area contributed by atoms with Crippen LogP contribution in [0.3, 0.4) is 0 Å². The molecule has 0 amide bonds. The van der Waals surface area contributed by atoms with E-state index in [0.29, 0.717) is 0 Å². The van der Waals surface area contributed by atoms with Crippen molar-refractivity contribution in [2.24, 2.45) is 0 Å². The minimum atomic E-state index is 0.0346. The third-order valence-corrected chi connectivity index (χ3v) is 4.88. The van der Waals surface area contributed by atoms with Crippen LogP contribution in [0.2, 0.25) is 0 Å². The molecule has 0 aliphatic heterocycles. The molecule has 2 aromatic rings. The Morgan fingerprint density at radius 2 is 1.36 bits per heavy atom. The number of hydrogen-bond acceptors (Lipinski definition) is 2. The Balaban J connectivity index is 2.28. The average molecular weight is 243 g/mol. The Morgan fingerprint density at radius 1 is 0.929 bits per heavy atom. The summed E-state index contributed by atoms with van der Waals surface area (Å²) in [5.74, 6) is 0. The predicted octanol–water partition coefficient (Wildman–Crippen LogP) is 4.75. The molecule has 0 aliphatic carbocycles. The Bertz CT molecular complexity index is 388. The highest BCUT2D eigenvalue weighted by Gasteiger charge is 2.13. The van der Waals surface area contributed by atoms with Crippen molar-refractivity contribution in [3.63, 3.8) is 0 Å². The maximum absolute atomic E-state index is 6.38. The van der Waals surface area contributed by atoms with Gasteiger partial charge >= 0.3 is 0 Å². The molecule has 0 saturated heterocycles. The van der Waals surface area contributed by atoms with Crippen LogP contribution in [-0.2, 0) is 0 Å². The molecule has 74 valence electrons. The normalized spacial score (nSPS) is 11.1. The maximum Gasteiger partial charge on any atom is 0.102 e. The lowest BCUT2D eigenvalue weighted by atomic mass is 10.3. The van der Waals surface area contributed by atoms with Gasteiger partial charge in [0.25, 0.3) is 0 Å². The Labute approximate surface area is 97.2 Å². The number of hydrogen-bond donors (Lipinski definition) is 0. The van der Waals surface area contributed by atoms with Crippen LogP contribution in [0.4, 0.5) is 0 Å². The average Bonchev–Trinajstić information content (AvgIpc) is 2.73. The standard InChI is InChI=1S/C11H11ClS2/c1-7-3-5-9(13-7)11(12)10-6-4-8(2)14-10/h3-6,11H,1-2H3. The van der Waals surface area contributed by atoms with Gasteiger partial charge in [-0.2, -0.15) is 0 Å². The molecule has 14 heavy (non-hydrogen) atoms. The number of thiophene rings is 2. The van der Waals surface area contributed by atoms with Crippen molar-refractivity contribution in [1.82, 2.24) is 0 Å². The van der Waals surface area contributed by atoms with E-state index in [9.17, 15) is 0 Å². The Hall–Kier alpha value is -0.310. The quantitative estimate of drug-likeness (QED) is 0.667. The van der Waals surface area contributed by atoms with E-state index in [1.165, 1.54) is 19.5 Å². The minimum absolute atomic E-state index is 0.0346. The molecule has 0 N–H and O–H groups in total. The van der Waals surface area contributed by atoms with Gasteiger partial charge < -0.3 is 0 Å². The molecule has 2 aromatic heterocycles. The van der Waals surface area contributed by atoms with Gasteiger partial charge in [-0.1, -0.05) is 0 Å². The van der Waals surface area contributed by atoms with Crippen molar-refractivity contribution in [3.8, 4) is 0 Å². The zero-order valence-corrected chi connectivity index (χ0v) is 10.5. The summed E-state index contributed by atoms with van der Waals surface area (Å²) in [6.07, 6.45) is 0. The van der Waals surface area contributed by atoms with E-state index in [4.69, 9.17) is 11.6 Å². The summed E-state index contributed by atoms with van der Waals surface area (Å²) in [7, 11) is 0. The molecule has 0 atom stereocenters. The number of alkyl halides is 1. The fraction of sp³-hybridized carbons (Fsp3) is 0.273. The molecule has 2 rings (SSSR count). The second-order valence-corrected chi connectivity index (χ2v) is 6.33. The Morgan fingerprint density at radius 3 is 1.64 bits per heavy atom. The molecule has 2 heterocycles. The lowest BCUT2D eigenvalue weighted by Gasteiger charge is -2.02. The number of rotatable bonds is 2. The maximum atomic E-state index is 6.38. The summed E-state index contributed by atoms with van der Waals surface area (Å²) in [4.78, 5) is 5.12. The van der Waals surface area contributed by atoms with Crippen LogP contribution in [0.1, 0.15) is 24.9 Å². The molecule has 0 nitrogen and oxygen atoms in total. The van der Waals surface area contributed by atoms with Gasteiger partial charge in [-0.25, -0.2) is 0 Å². The number of aryl methyl sites for hydroxylation is 2. The third-order valence-electron chi connectivity index (χ3n) is 2.02. The monoisotopic (exact) mass is 242 g/mol. The topological polar surface area (TPSA) is 0 Å². The fourth-order valence-corrected chi connectivity index (χ4v) is 3.56. The highest BCUT2D eigenvalue weighted by molar-refractivity contribution is 7.14. The van der Waals surface area contributed by atoms with Crippen molar-refractivity contribution in [2.45, 2.75) is 19.2 Å². The molecule has 0 spiro atoms. The van der Waals surface area contributed by atoms with Crippen LogP contribution in [0.5, 0.6) is 0 Å². The van der Waals surface area contributed by atoms with Crippen LogP contribution >= 0.6 is 34.3 Å². The predicted molar refractivity (Wildman–Crippen MR) is 65.8 cm³/mol. The van der Waals surface area contributed by atoms with Gasteiger partial charge in [0, 0.05) is 19.5 Å². The van der Waals surface area contributed by atoms with Crippen LogP contribution in [0.15, 0.2) is 24.3 Å². The van der Waals surface area contributed by atoms with Gasteiger partial charge in [-0.05, 0) is 38.1 Å². The number of halogens is 1. The molecule has 0 saturated carbocycles. The minimum Gasteiger partial charge on any atom is -0.144 e. The van der Waals surface area contributed by atoms with E-state index < -0.39 is 0 Å². The van der Waals surface area contributed by atoms with Crippen LogP contribution in [-0.4, -0.2) is 0 Å². The largest absolute Gasteiger partial charge is 0.144 e. The van der Waals surface area contributed by atoms with E-state index >= 15 is 0 Å². The first-order valence-corrected chi connectivity index (χ1v) is 6.50. The van der Waals surface area contributed by atoms with Crippen molar-refractivity contribution in [3.05, 3.63) is 43.8 Å². The van der Waals surface area contributed by atoms with E-state index in [2.05, 4.69) is 38.1 Å². The lowest BCUT2D eigenvalue weighted by molar-refractivity contribution is 1.24. The first-order chi connectivity index (χ1) is 6.66. The molecule has 0 aromatic carbocycles. The van der Waals surface area contributed by atoms with Gasteiger partial charge in [-0.15, -0.1) is 34.3 Å². The molecular weight excluding hydrogens is 232 g/mol. The van der Waals surface area contributed by atoms with Gasteiger partial charge in [0.1, 0.15) is 5.38 Å². The molecule has 0 unspecified atom stereocenters. The molecule has 0 aliphatic rings. The molecule has 3 heteroatoms. The highest BCUT2D eigenvalue weighted by Crippen LogP contribution is 2.36.